The van der Waals surface area contributed by atoms with Crippen molar-refractivity contribution in [2.75, 3.05) is 0 Å². The van der Waals surface area contributed by atoms with Crippen LogP contribution in [0.3, 0.4) is 0 Å². The van der Waals surface area contributed by atoms with Gasteiger partial charge in [-0.2, -0.15) is 0 Å². The number of aldehydes is 1. The molecule has 0 amide bonds. The van der Waals surface area contributed by atoms with Crippen molar-refractivity contribution in [2.24, 2.45) is 0 Å². The van der Waals surface area contributed by atoms with Crippen LogP contribution in [0.1, 0.15) is 18.4 Å². The molecule has 0 saturated heterocycles. The first-order valence-electron chi connectivity index (χ1n) is 4.81. The average Bonchev–Trinajstić information content (AvgIpc) is 2.30. The third-order valence-electron chi connectivity index (χ3n) is 2.40. The zero-order valence-electron chi connectivity index (χ0n) is 7.94. The summed E-state index contributed by atoms with van der Waals surface area (Å²) in [4.78, 5) is 10.6. The summed E-state index contributed by atoms with van der Waals surface area (Å²) in [6, 6.07) is 10.2. The molecule has 0 heterocycles. The molecule has 0 aromatic heterocycles. The van der Waals surface area contributed by atoms with Crippen LogP contribution in [-0.4, -0.2) is 6.29 Å². The second-order valence-electron chi connectivity index (χ2n) is 3.40. The molecule has 0 aliphatic heterocycles. The predicted molar refractivity (Wildman–Crippen MR) is 57.8 cm³/mol. The van der Waals surface area contributed by atoms with Crippen molar-refractivity contribution >= 4 is 11.9 Å². The number of hydrogen-bond donors (Lipinski definition) is 0. The second-order valence-corrected chi connectivity index (χ2v) is 3.40. The fourth-order valence-corrected chi connectivity index (χ4v) is 1.65. The van der Waals surface area contributed by atoms with Crippen molar-refractivity contribution in [3.63, 3.8) is 0 Å². The van der Waals surface area contributed by atoms with Crippen LogP contribution in [0.2, 0.25) is 0 Å². The number of carbonyl (C=O) groups excluding carboxylic acids is 1. The van der Waals surface area contributed by atoms with E-state index in [0.717, 1.165) is 24.7 Å². The first-order valence-corrected chi connectivity index (χ1v) is 4.81. The van der Waals surface area contributed by atoms with E-state index in [4.69, 9.17) is 0 Å². The highest BCUT2D eigenvalue weighted by molar-refractivity contribution is 5.84. The van der Waals surface area contributed by atoms with E-state index in [-0.39, 0.29) is 0 Å². The maximum atomic E-state index is 10.6. The molecule has 0 unspecified atom stereocenters. The van der Waals surface area contributed by atoms with Gasteiger partial charge in [0.1, 0.15) is 6.29 Å². The van der Waals surface area contributed by atoms with E-state index in [0.29, 0.717) is 0 Å². The lowest BCUT2D eigenvalue weighted by Gasteiger charge is -2.09. The topological polar surface area (TPSA) is 17.1 Å². The molecule has 1 aliphatic rings. The number of benzene rings is 1. The van der Waals surface area contributed by atoms with E-state index in [1.54, 1.807) is 0 Å². The van der Waals surface area contributed by atoms with E-state index < -0.39 is 0 Å². The Hall–Kier alpha value is -1.63. The first kappa shape index (κ1) is 8.95. The average molecular weight is 184 g/mol. The lowest BCUT2D eigenvalue weighted by molar-refractivity contribution is -0.105. The van der Waals surface area contributed by atoms with Crippen LogP contribution in [-0.2, 0) is 4.79 Å². The zero-order chi connectivity index (χ0) is 9.80. The minimum atomic E-state index is 0.875. The molecule has 14 heavy (non-hydrogen) atoms. The largest absolute Gasteiger partial charge is 0.298 e. The summed E-state index contributed by atoms with van der Waals surface area (Å²) in [7, 11) is 0. The van der Waals surface area contributed by atoms with Crippen molar-refractivity contribution in [1.82, 2.24) is 0 Å². The Kier molecular flexibility index (Phi) is 2.59. The van der Waals surface area contributed by atoms with Crippen LogP contribution < -0.4 is 0 Å². The summed E-state index contributed by atoms with van der Waals surface area (Å²) in [5.74, 6) is 0. The molecule has 2 rings (SSSR count). The molecule has 0 saturated carbocycles. The Morgan fingerprint density at radius 1 is 1.14 bits per heavy atom. The summed E-state index contributed by atoms with van der Waals surface area (Å²) in [5, 5.41) is 0. The Labute approximate surface area is 83.8 Å². The second kappa shape index (κ2) is 4.05. The molecule has 0 N–H and O–H groups in total. The van der Waals surface area contributed by atoms with Gasteiger partial charge in [-0.3, -0.25) is 4.79 Å². The van der Waals surface area contributed by atoms with Crippen LogP contribution >= 0.6 is 0 Å². The van der Waals surface area contributed by atoms with Crippen molar-refractivity contribution < 1.29 is 4.79 Å². The molecule has 1 aromatic rings. The molecule has 0 atom stereocenters. The summed E-state index contributed by atoms with van der Waals surface area (Å²) in [6.07, 6.45) is 6.96. The molecule has 0 radical (unpaired) electrons. The lowest BCUT2D eigenvalue weighted by Crippen LogP contribution is -1.93. The maximum absolute atomic E-state index is 10.6. The van der Waals surface area contributed by atoms with Crippen molar-refractivity contribution in [2.45, 2.75) is 12.8 Å². The van der Waals surface area contributed by atoms with Gasteiger partial charge in [-0.05, 0) is 35.6 Å². The van der Waals surface area contributed by atoms with Crippen LogP contribution in [0.5, 0.6) is 0 Å². The van der Waals surface area contributed by atoms with E-state index in [1.807, 2.05) is 24.3 Å². The van der Waals surface area contributed by atoms with Gasteiger partial charge in [-0.15, -0.1) is 0 Å². The Bertz CT molecular complexity index is 385. The van der Waals surface area contributed by atoms with Gasteiger partial charge in [0.05, 0.1) is 0 Å². The summed E-state index contributed by atoms with van der Waals surface area (Å²) < 4.78 is 0. The van der Waals surface area contributed by atoms with Crippen molar-refractivity contribution in [3.05, 3.63) is 53.6 Å². The van der Waals surface area contributed by atoms with Crippen LogP contribution in [0.15, 0.2) is 48.1 Å². The van der Waals surface area contributed by atoms with Crippen molar-refractivity contribution in [3.8, 4) is 0 Å². The van der Waals surface area contributed by atoms with E-state index in [9.17, 15) is 4.79 Å². The number of hydrogen-bond acceptors (Lipinski definition) is 1. The molecule has 1 nitrogen and oxygen atoms in total. The first-order chi connectivity index (χ1) is 6.90. The SMILES string of the molecule is O=CC1=CC(c2ccccc2)=CCC1. The van der Waals surface area contributed by atoms with Crippen LogP contribution in [0.25, 0.3) is 5.57 Å². The van der Waals surface area contributed by atoms with Gasteiger partial charge in [0.25, 0.3) is 0 Å². The van der Waals surface area contributed by atoms with Gasteiger partial charge in [0.2, 0.25) is 0 Å². The van der Waals surface area contributed by atoms with Gasteiger partial charge in [-0.1, -0.05) is 36.4 Å². The monoisotopic (exact) mass is 184 g/mol. The molecular formula is C13H12O. The highest BCUT2D eigenvalue weighted by Gasteiger charge is 2.05. The third-order valence-corrected chi connectivity index (χ3v) is 2.40. The van der Waals surface area contributed by atoms with E-state index in [2.05, 4.69) is 18.2 Å². The van der Waals surface area contributed by atoms with Gasteiger partial charge in [-0.25, -0.2) is 0 Å². The Morgan fingerprint density at radius 2 is 1.93 bits per heavy atom. The number of carbonyl (C=O) groups is 1. The zero-order valence-corrected chi connectivity index (χ0v) is 7.94. The van der Waals surface area contributed by atoms with Crippen LogP contribution in [0.4, 0.5) is 0 Å². The quantitative estimate of drug-likeness (QED) is 0.646. The molecule has 1 aliphatic carbocycles. The fraction of sp³-hybridized carbons (Fsp3) is 0.154. The fourth-order valence-electron chi connectivity index (χ4n) is 1.65. The Balaban J connectivity index is 2.32. The van der Waals surface area contributed by atoms with Crippen molar-refractivity contribution in [1.29, 1.82) is 0 Å². The highest BCUT2D eigenvalue weighted by Crippen LogP contribution is 2.23. The van der Waals surface area contributed by atoms with Gasteiger partial charge >= 0.3 is 0 Å². The predicted octanol–water partition coefficient (Wildman–Crippen LogP) is 2.99. The third kappa shape index (κ3) is 1.82. The normalized spacial score (nSPS) is 15.7. The summed E-state index contributed by atoms with van der Waals surface area (Å²) >= 11 is 0. The highest BCUT2D eigenvalue weighted by atomic mass is 16.1. The standard InChI is InChI=1S/C13H12O/c14-10-11-5-4-8-13(9-11)12-6-2-1-3-7-12/h1-3,6-10H,4-5H2. The molecule has 70 valence electrons. The molecular weight excluding hydrogens is 172 g/mol. The molecule has 0 spiro atoms. The van der Waals surface area contributed by atoms with Gasteiger partial charge in [0.15, 0.2) is 0 Å². The smallest absolute Gasteiger partial charge is 0.146 e. The van der Waals surface area contributed by atoms with Gasteiger partial charge < -0.3 is 0 Å². The molecule has 1 heteroatoms. The minimum absolute atomic E-state index is 0.875. The van der Waals surface area contributed by atoms with Crippen LogP contribution in [0, 0.1) is 0 Å². The summed E-state index contributed by atoms with van der Waals surface area (Å²) in [6.45, 7) is 0. The van der Waals surface area contributed by atoms with E-state index in [1.165, 1.54) is 11.1 Å². The Morgan fingerprint density at radius 3 is 2.64 bits per heavy atom. The lowest BCUT2D eigenvalue weighted by atomic mass is 9.95. The molecule has 0 fully saturated rings. The van der Waals surface area contributed by atoms with E-state index >= 15 is 0 Å². The minimum Gasteiger partial charge on any atom is -0.298 e. The maximum Gasteiger partial charge on any atom is 0.146 e. The molecule has 0 bridgehead atoms. The number of rotatable bonds is 2. The summed E-state index contributed by atoms with van der Waals surface area (Å²) in [5.41, 5.74) is 3.25. The van der Waals surface area contributed by atoms with Gasteiger partial charge in [0, 0.05) is 0 Å². The molecule has 1 aromatic carbocycles. The number of allylic oxidation sites excluding steroid dienone is 4.